The normalized spacial score (nSPS) is 19.0. The van der Waals surface area contributed by atoms with E-state index >= 15 is 0 Å². The lowest BCUT2D eigenvalue weighted by atomic mass is 9.91. The van der Waals surface area contributed by atoms with Crippen LogP contribution in [0.25, 0.3) is 0 Å². The molecular weight excluding hydrogens is 442 g/mol. The van der Waals surface area contributed by atoms with Gasteiger partial charge in [0.2, 0.25) is 11.9 Å². The van der Waals surface area contributed by atoms with Crippen LogP contribution in [0.1, 0.15) is 46.5 Å². The van der Waals surface area contributed by atoms with Crippen molar-refractivity contribution in [2.24, 2.45) is 5.41 Å². The minimum absolute atomic E-state index is 0.112. The number of carbonyl (C=O) groups excluding carboxylic acids is 1. The summed E-state index contributed by atoms with van der Waals surface area (Å²) in [6.45, 7) is 7.60. The van der Waals surface area contributed by atoms with Crippen LogP contribution in [-0.2, 0) is 4.79 Å². The van der Waals surface area contributed by atoms with Crippen molar-refractivity contribution in [2.45, 2.75) is 52.5 Å². The number of amides is 1. The number of halogens is 1. The van der Waals surface area contributed by atoms with Crippen molar-refractivity contribution < 1.29 is 4.79 Å². The average Bonchev–Trinajstić information content (AvgIpc) is 3.25. The summed E-state index contributed by atoms with van der Waals surface area (Å²) in [6, 6.07) is 8.61. The van der Waals surface area contributed by atoms with Crippen LogP contribution in [0, 0.1) is 5.41 Å². The fourth-order valence-corrected chi connectivity index (χ4v) is 4.91. The Kier molecular flexibility index (Phi) is 5.75. The van der Waals surface area contributed by atoms with Crippen LogP contribution in [0.5, 0.6) is 0 Å². The summed E-state index contributed by atoms with van der Waals surface area (Å²) in [5.74, 6) is 1.66. The number of fused-ring (bicyclic) bond motifs is 1. The molecule has 0 N–H and O–H groups in total. The summed E-state index contributed by atoms with van der Waals surface area (Å²) in [4.78, 5) is 29.1. The van der Waals surface area contributed by atoms with Crippen LogP contribution in [0.15, 0.2) is 34.9 Å². The molecular formula is C23H30BrN5O. The maximum Gasteiger partial charge on any atom is 0.234 e. The molecule has 0 saturated heterocycles. The van der Waals surface area contributed by atoms with Gasteiger partial charge in [-0.15, -0.1) is 0 Å². The summed E-state index contributed by atoms with van der Waals surface area (Å²) < 4.78 is 1.04. The first-order valence-electron chi connectivity index (χ1n) is 10.8. The second-order valence-corrected chi connectivity index (χ2v) is 9.83. The van der Waals surface area contributed by atoms with E-state index in [1.54, 1.807) is 4.90 Å². The van der Waals surface area contributed by atoms with E-state index in [-0.39, 0.29) is 5.91 Å². The van der Waals surface area contributed by atoms with Crippen LogP contribution in [0.2, 0.25) is 0 Å². The van der Waals surface area contributed by atoms with Crippen molar-refractivity contribution in [3.05, 3.63) is 34.9 Å². The Balaban J connectivity index is 1.81. The van der Waals surface area contributed by atoms with E-state index in [0.717, 1.165) is 41.1 Å². The highest BCUT2D eigenvalue weighted by molar-refractivity contribution is 9.10. The maximum absolute atomic E-state index is 13.1. The van der Waals surface area contributed by atoms with E-state index in [0.29, 0.717) is 18.5 Å². The third-order valence-electron chi connectivity index (χ3n) is 6.28. The quantitative estimate of drug-likeness (QED) is 0.616. The Hall–Kier alpha value is -2.15. The molecule has 0 atom stereocenters. The Morgan fingerprint density at radius 3 is 2.50 bits per heavy atom. The van der Waals surface area contributed by atoms with Gasteiger partial charge in [-0.3, -0.25) is 4.79 Å². The lowest BCUT2D eigenvalue weighted by Crippen LogP contribution is -2.45. The number of hydrogen-bond donors (Lipinski definition) is 0. The number of anilines is 4. The molecule has 0 bridgehead atoms. The zero-order chi connectivity index (χ0) is 21.5. The summed E-state index contributed by atoms with van der Waals surface area (Å²) >= 11 is 3.51. The molecule has 160 valence electrons. The number of aromatic nitrogens is 2. The van der Waals surface area contributed by atoms with Gasteiger partial charge in [0.15, 0.2) is 5.82 Å². The molecule has 2 aromatic rings. The van der Waals surface area contributed by atoms with Gasteiger partial charge < -0.3 is 14.7 Å². The molecule has 1 amide bonds. The van der Waals surface area contributed by atoms with Crippen molar-refractivity contribution in [3.8, 4) is 0 Å². The van der Waals surface area contributed by atoms with Gasteiger partial charge in [0.25, 0.3) is 0 Å². The van der Waals surface area contributed by atoms with Crippen LogP contribution >= 0.6 is 15.9 Å². The number of carbonyl (C=O) groups is 1. The molecule has 0 spiro atoms. The summed E-state index contributed by atoms with van der Waals surface area (Å²) in [7, 11) is 1.84. The van der Waals surface area contributed by atoms with Crippen LogP contribution in [0.3, 0.4) is 0 Å². The van der Waals surface area contributed by atoms with Gasteiger partial charge >= 0.3 is 0 Å². The molecule has 0 unspecified atom stereocenters. The Labute approximate surface area is 187 Å². The summed E-state index contributed by atoms with van der Waals surface area (Å²) in [5.41, 5.74) is 1.37. The van der Waals surface area contributed by atoms with Crippen LogP contribution in [0.4, 0.5) is 23.1 Å². The molecule has 1 aliphatic heterocycles. The summed E-state index contributed by atoms with van der Waals surface area (Å²) in [5, 5.41) is 0. The standard InChI is InChI=1S/C23H30BrN5O/c1-5-28(18-12-10-16(24)11-13-18)22-25-14-19-20(26-22)29(17-8-6-7-9-17)15-23(2,3)21(30)27(19)4/h10-14,17H,5-9,15H2,1-4H3. The SMILES string of the molecule is CCN(c1ccc(Br)cc1)c1ncc2c(n1)N(C1CCCC1)CC(C)(C)C(=O)N2C. The van der Waals surface area contributed by atoms with Gasteiger partial charge in [-0.25, -0.2) is 4.98 Å². The smallest absolute Gasteiger partial charge is 0.234 e. The van der Waals surface area contributed by atoms with Crippen molar-refractivity contribution >= 4 is 45.0 Å². The molecule has 2 aliphatic rings. The molecule has 4 rings (SSSR count). The zero-order valence-corrected chi connectivity index (χ0v) is 19.8. The Bertz CT molecular complexity index is 924. The predicted molar refractivity (Wildman–Crippen MR) is 126 cm³/mol. The summed E-state index contributed by atoms with van der Waals surface area (Å²) in [6.07, 6.45) is 6.59. The van der Waals surface area contributed by atoms with Crippen molar-refractivity contribution in [1.82, 2.24) is 9.97 Å². The largest absolute Gasteiger partial charge is 0.351 e. The average molecular weight is 472 g/mol. The number of benzene rings is 1. The molecule has 1 aromatic carbocycles. The second-order valence-electron chi connectivity index (χ2n) is 8.91. The minimum atomic E-state index is -0.478. The topological polar surface area (TPSA) is 52.6 Å². The van der Waals surface area contributed by atoms with Gasteiger partial charge in [0.05, 0.1) is 11.6 Å². The fourth-order valence-electron chi connectivity index (χ4n) is 4.65. The molecule has 1 fully saturated rings. The molecule has 2 heterocycles. The van der Waals surface area contributed by atoms with Gasteiger partial charge in [0.1, 0.15) is 5.69 Å². The van der Waals surface area contributed by atoms with E-state index in [4.69, 9.17) is 4.98 Å². The minimum Gasteiger partial charge on any atom is -0.351 e. The van der Waals surface area contributed by atoms with E-state index < -0.39 is 5.41 Å². The highest BCUT2D eigenvalue weighted by Crippen LogP contribution is 2.41. The lowest BCUT2D eigenvalue weighted by Gasteiger charge is -2.34. The fraction of sp³-hybridized carbons (Fsp3) is 0.522. The Morgan fingerprint density at radius 1 is 1.20 bits per heavy atom. The lowest BCUT2D eigenvalue weighted by molar-refractivity contribution is -0.125. The van der Waals surface area contributed by atoms with Crippen LogP contribution in [-0.4, -0.2) is 42.1 Å². The maximum atomic E-state index is 13.1. The number of nitrogens with zero attached hydrogens (tertiary/aromatic N) is 5. The third-order valence-corrected chi connectivity index (χ3v) is 6.81. The third kappa shape index (κ3) is 3.80. The number of hydrogen-bond acceptors (Lipinski definition) is 5. The highest BCUT2D eigenvalue weighted by atomic mass is 79.9. The molecule has 30 heavy (non-hydrogen) atoms. The predicted octanol–water partition coefficient (Wildman–Crippen LogP) is 5.15. The molecule has 1 saturated carbocycles. The van der Waals surface area contributed by atoms with E-state index in [2.05, 4.69) is 49.8 Å². The first-order valence-corrected chi connectivity index (χ1v) is 11.6. The van der Waals surface area contributed by atoms with E-state index in [1.807, 2.05) is 39.2 Å². The highest BCUT2D eigenvalue weighted by Gasteiger charge is 2.41. The second kappa shape index (κ2) is 8.17. The van der Waals surface area contributed by atoms with Crippen molar-refractivity contribution in [2.75, 3.05) is 34.8 Å². The molecule has 1 aliphatic carbocycles. The van der Waals surface area contributed by atoms with Crippen molar-refractivity contribution in [1.29, 1.82) is 0 Å². The number of rotatable bonds is 4. The first kappa shape index (κ1) is 21.1. The van der Waals surface area contributed by atoms with E-state index in [9.17, 15) is 4.79 Å². The Morgan fingerprint density at radius 2 is 1.87 bits per heavy atom. The van der Waals surface area contributed by atoms with Gasteiger partial charge in [-0.1, -0.05) is 28.8 Å². The van der Waals surface area contributed by atoms with Gasteiger partial charge in [-0.2, -0.15) is 4.98 Å². The molecule has 1 aromatic heterocycles. The van der Waals surface area contributed by atoms with Crippen molar-refractivity contribution in [3.63, 3.8) is 0 Å². The molecule has 0 radical (unpaired) electrons. The molecule has 7 heteroatoms. The van der Waals surface area contributed by atoms with Gasteiger partial charge in [0, 0.05) is 36.3 Å². The monoisotopic (exact) mass is 471 g/mol. The molecule has 6 nitrogen and oxygen atoms in total. The van der Waals surface area contributed by atoms with Gasteiger partial charge in [-0.05, 0) is 57.9 Å². The zero-order valence-electron chi connectivity index (χ0n) is 18.2. The van der Waals surface area contributed by atoms with Crippen LogP contribution < -0.4 is 14.7 Å². The van der Waals surface area contributed by atoms with E-state index in [1.165, 1.54) is 12.8 Å². The first-order chi connectivity index (χ1) is 14.3.